The summed E-state index contributed by atoms with van der Waals surface area (Å²) in [4.78, 5) is 14.7. The monoisotopic (exact) mass is 240 g/mol. The lowest BCUT2D eigenvalue weighted by Crippen LogP contribution is -2.50. The molecule has 17 heavy (non-hydrogen) atoms. The predicted molar refractivity (Wildman–Crippen MR) is 66.4 cm³/mol. The molecule has 2 aliphatic rings. The first-order valence-electron chi connectivity index (χ1n) is 6.66. The number of nitrogens with zero attached hydrogens (tertiary/aromatic N) is 1. The van der Waals surface area contributed by atoms with Crippen molar-refractivity contribution in [2.24, 2.45) is 23.0 Å². The van der Waals surface area contributed by atoms with Crippen molar-refractivity contribution in [3.8, 4) is 0 Å². The number of likely N-dealkylation sites (tertiary alicyclic amines) is 1. The first-order valence-corrected chi connectivity index (χ1v) is 6.66. The minimum absolute atomic E-state index is 0.263. The van der Waals surface area contributed by atoms with Gasteiger partial charge in [-0.25, -0.2) is 0 Å². The molecule has 2 saturated heterocycles. The van der Waals surface area contributed by atoms with Gasteiger partial charge in [0.05, 0.1) is 5.41 Å². The molecule has 2 atom stereocenters. The quantitative estimate of drug-likeness (QED) is 0.778. The zero-order valence-electron chi connectivity index (χ0n) is 10.9. The van der Waals surface area contributed by atoms with Crippen molar-refractivity contribution < 1.29 is 9.53 Å². The van der Waals surface area contributed by atoms with Crippen LogP contribution in [0.15, 0.2) is 0 Å². The van der Waals surface area contributed by atoms with Gasteiger partial charge >= 0.3 is 0 Å². The van der Waals surface area contributed by atoms with Crippen molar-refractivity contribution in [1.29, 1.82) is 0 Å². The number of hydrogen-bond donors (Lipinski definition) is 1. The van der Waals surface area contributed by atoms with Crippen LogP contribution in [0.4, 0.5) is 0 Å². The molecular formula is C13H24N2O2. The van der Waals surface area contributed by atoms with E-state index in [1.807, 2.05) is 4.90 Å². The van der Waals surface area contributed by atoms with Crippen molar-refractivity contribution >= 4 is 5.91 Å². The highest BCUT2D eigenvalue weighted by molar-refractivity contribution is 5.83. The van der Waals surface area contributed by atoms with E-state index >= 15 is 0 Å². The van der Waals surface area contributed by atoms with Gasteiger partial charge in [0.25, 0.3) is 0 Å². The fraction of sp³-hybridized carbons (Fsp3) is 0.923. The molecule has 0 bridgehead atoms. The standard InChI is InChI=1S/C13H24N2O2/c1-10-7-15(8-11(10)2)12(16)13(9-14)3-5-17-6-4-13/h10-11H,3-9,14H2,1-2H3. The summed E-state index contributed by atoms with van der Waals surface area (Å²) in [6, 6.07) is 0. The highest BCUT2D eigenvalue weighted by Crippen LogP contribution is 2.34. The zero-order valence-corrected chi connectivity index (χ0v) is 10.9. The number of carbonyl (C=O) groups is 1. The second-order valence-electron chi connectivity index (χ2n) is 5.76. The number of nitrogens with two attached hydrogens (primary N) is 1. The Morgan fingerprint density at radius 1 is 1.29 bits per heavy atom. The first kappa shape index (κ1) is 12.8. The predicted octanol–water partition coefficient (Wildman–Crippen LogP) is 0.856. The number of amides is 1. The maximum absolute atomic E-state index is 12.6. The van der Waals surface area contributed by atoms with Gasteiger partial charge in [-0.15, -0.1) is 0 Å². The molecule has 0 aromatic rings. The molecule has 0 aliphatic carbocycles. The van der Waals surface area contributed by atoms with Crippen LogP contribution in [0.1, 0.15) is 26.7 Å². The Balaban J connectivity index is 2.07. The van der Waals surface area contributed by atoms with Gasteiger partial charge in [0, 0.05) is 32.8 Å². The largest absolute Gasteiger partial charge is 0.381 e. The Labute approximate surface area is 103 Å². The van der Waals surface area contributed by atoms with Gasteiger partial charge in [-0.05, 0) is 24.7 Å². The average Bonchev–Trinajstić information content (AvgIpc) is 2.69. The third kappa shape index (κ3) is 2.33. The van der Waals surface area contributed by atoms with Gasteiger partial charge < -0.3 is 15.4 Å². The normalized spacial score (nSPS) is 32.8. The number of ether oxygens (including phenoxy) is 1. The maximum Gasteiger partial charge on any atom is 0.230 e. The van der Waals surface area contributed by atoms with Crippen LogP contribution in [0.25, 0.3) is 0 Å². The molecule has 0 aromatic carbocycles. The summed E-state index contributed by atoms with van der Waals surface area (Å²) in [5, 5.41) is 0. The van der Waals surface area contributed by atoms with Crippen LogP contribution < -0.4 is 5.73 Å². The Morgan fingerprint density at radius 2 is 1.82 bits per heavy atom. The highest BCUT2D eigenvalue weighted by atomic mass is 16.5. The zero-order chi connectivity index (χ0) is 12.5. The Morgan fingerprint density at radius 3 is 2.29 bits per heavy atom. The van der Waals surface area contributed by atoms with Crippen LogP contribution >= 0.6 is 0 Å². The topological polar surface area (TPSA) is 55.6 Å². The molecule has 2 rings (SSSR count). The summed E-state index contributed by atoms with van der Waals surface area (Å²) in [5.41, 5.74) is 5.53. The van der Waals surface area contributed by atoms with E-state index in [-0.39, 0.29) is 11.3 Å². The molecule has 0 radical (unpaired) electrons. The molecule has 4 nitrogen and oxygen atoms in total. The first-order chi connectivity index (χ1) is 8.09. The second kappa shape index (κ2) is 4.94. The van der Waals surface area contributed by atoms with E-state index in [1.54, 1.807) is 0 Å². The smallest absolute Gasteiger partial charge is 0.230 e. The lowest BCUT2D eigenvalue weighted by Gasteiger charge is -2.37. The minimum Gasteiger partial charge on any atom is -0.381 e. The van der Waals surface area contributed by atoms with Crippen molar-refractivity contribution in [2.75, 3.05) is 32.8 Å². The number of carbonyl (C=O) groups excluding carboxylic acids is 1. The fourth-order valence-corrected chi connectivity index (χ4v) is 2.90. The van der Waals surface area contributed by atoms with Crippen LogP contribution in [0, 0.1) is 17.3 Å². The molecule has 2 aliphatic heterocycles. The van der Waals surface area contributed by atoms with E-state index in [1.165, 1.54) is 0 Å². The Hall–Kier alpha value is -0.610. The molecule has 98 valence electrons. The van der Waals surface area contributed by atoms with E-state index in [2.05, 4.69) is 13.8 Å². The van der Waals surface area contributed by atoms with Crippen LogP contribution in [-0.4, -0.2) is 43.7 Å². The van der Waals surface area contributed by atoms with Gasteiger partial charge in [0.2, 0.25) is 5.91 Å². The molecule has 4 heteroatoms. The van der Waals surface area contributed by atoms with E-state index in [4.69, 9.17) is 10.5 Å². The van der Waals surface area contributed by atoms with Crippen LogP contribution in [-0.2, 0) is 9.53 Å². The number of hydrogen-bond acceptors (Lipinski definition) is 3. The molecule has 0 aromatic heterocycles. The van der Waals surface area contributed by atoms with Crippen molar-refractivity contribution in [3.05, 3.63) is 0 Å². The van der Waals surface area contributed by atoms with Crippen LogP contribution in [0.2, 0.25) is 0 Å². The molecule has 0 spiro atoms. The van der Waals surface area contributed by atoms with Crippen LogP contribution in [0.3, 0.4) is 0 Å². The third-order valence-electron chi connectivity index (χ3n) is 4.57. The molecule has 2 unspecified atom stereocenters. The highest BCUT2D eigenvalue weighted by Gasteiger charge is 2.43. The second-order valence-corrected chi connectivity index (χ2v) is 5.76. The average molecular weight is 240 g/mol. The lowest BCUT2D eigenvalue weighted by molar-refractivity contribution is -0.146. The summed E-state index contributed by atoms with van der Waals surface area (Å²) in [6.45, 7) is 8.01. The summed E-state index contributed by atoms with van der Waals surface area (Å²) < 4.78 is 5.36. The van der Waals surface area contributed by atoms with E-state index < -0.39 is 0 Å². The molecular weight excluding hydrogens is 216 g/mol. The van der Waals surface area contributed by atoms with Gasteiger partial charge in [0.15, 0.2) is 0 Å². The van der Waals surface area contributed by atoms with Gasteiger partial charge in [-0.3, -0.25) is 4.79 Å². The number of rotatable bonds is 2. The van der Waals surface area contributed by atoms with Crippen molar-refractivity contribution in [1.82, 2.24) is 4.90 Å². The Kier molecular flexibility index (Phi) is 3.73. The van der Waals surface area contributed by atoms with E-state index in [0.29, 0.717) is 31.6 Å². The van der Waals surface area contributed by atoms with Crippen molar-refractivity contribution in [2.45, 2.75) is 26.7 Å². The van der Waals surface area contributed by atoms with Crippen molar-refractivity contribution in [3.63, 3.8) is 0 Å². The third-order valence-corrected chi connectivity index (χ3v) is 4.57. The molecule has 2 N–H and O–H groups in total. The minimum atomic E-state index is -0.345. The van der Waals surface area contributed by atoms with E-state index in [0.717, 1.165) is 25.9 Å². The molecule has 1 amide bonds. The summed E-state index contributed by atoms with van der Waals surface area (Å²) in [5.74, 6) is 1.47. The maximum atomic E-state index is 12.6. The summed E-state index contributed by atoms with van der Waals surface area (Å²) in [7, 11) is 0. The molecule has 2 fully saturated rings. The summed E-state index contributed by atoms with van der Waals surface area (Å²) >= 11 is 0. The Bertz CT molecular complexity index is 277. The summed E-state index contributed by atoms with van der Waals surface area (Å²) in [6.07, 6.45) is 1.56. The van der Waals surface area contributed by atoms with Crippen LogP contribution in [0.5, 0.6) is 0 Å². The van der Waals surface area contributed by atoms with E-state index in [9.17, 15) is 4.79 Å². The lowest BCUT2D eigenvalue weighted by atomic mass is 9.79. The van der Waals surface area contributed by atoms with Gasteiger partial charge in [-0.2, -0.15) is 0 Å². The fourth-order valence-electron chi connectivity index (χ4n) is 2.90. The molecule has 2 heterocycles. The SMILES string of the molecule is CC1CN(C(=O)C2(CN)CCOCC2)CC1C. The van der Waals surface area contributed by atoms with Gasteiger partial charge in [0.1, 0.15) is 0 Å². The van der Waals surface area contributed by atoms with Gasteiger partial charge in [-0.1, -0.05) is 13.8 Å². The molecule has 0 saturated carbocycles.